The molecule has 7 nitrogen and oxygen atoms in total. The minimum Gasteiger partial charge on any atom is -0.354 e. The number of thiophene rings is 1. The zero-order valence-electron chi connectivity index (χ0n) is 16.2. The fourth-order valence-electron chi connectivity index (χ4n) is 2.72. The van der Waals surface area contributed by atoms with Crippen LogP contribution in [0.1, 0.15) is 29.2 Å². The molecule has 1 fully saturated rings. The number of aryl methyl sites for hydroxylation is 1. The number of sulfonamides is 1. The van der Waals surface area contributed by atoms with E-state index in [1.165, 1.54) is 6.07 Å². The topological polar surface area (TPSA) is 101 Å². The summed E-state index contributed by atoms with van der Waals surface area (Å²) in [7, 11) is -4.10. The third-order valence-electron chi connectivity index (χ3n) is 4.52. The number of benzene rings is 1. The molecule has 0 aliphatic heterocycles. The van der Waals surface area contributed by atoms with Crippen molar-refractivity contribution in [1.29, 1.82) is 0 Å². The molecule has 2 heterocycles. The van der Waals surface area contributed by atoms with E-state index in [1.807, 2.05) is 4.72 Å². The lowest BCUT2D eigenvalue weighted by molar-refractivity contribution is -0.117. The van der Waals surface area contributed by atoms with Gasteiger partial charge in [0.25, 0.3) is 10.0 Å². The maximum Gasteiger partial charge on any atom is 0.271 e. The highest BCUT2D eigenvalue weighted by molar-refractivity contribution is 7.94. The van der Waals surface area contributed by atoms with Crippen molar-refractivity contribution in [2.24, 2.45) is 5.92 Å². The van der Waals surface area contributed by atoms with Crippen molar-refractivity contribution < 1.29 is 26.5 Å². The number of carbonyl (C=O) groups is 1. The lowest BCUT2D eigenvalue weighted by Crippen LogP contribution is -2.14. The van der Waals surface area contributed by atoms with Gasteiger partial charge in [-0.05, 0) is 56.2 Å². The first-order valence-electron chi connectivity index (χ1n) is 9.26. The third kappa shape index (κ3) is 4.83. The van der Waals surface area contributed by atoms with Gasteiger partial charge >= 0.3 is 0 Å². The summed E-state index contributed by atoms with van der Waals surface area (Å²) in [5.41, 5.74) is 0.531. The highest BCUT2D eigenvalue weighted by Gasteiger charge is 2.30. The standard InChI is InChI=1S/C20H17F2N3O4S2/c1-11-19(23-20(26)12-2-3-12)17(29-24-11)8-5-14-6-9-18(30-14)31(27,28)25-16-10-13(21)4-7-15(16)22/h4-10,12,25H,2-3H2,1H3,(H,23,26). The van der Waals surface area contributed by atoms with Gasteiger partial charge in [-0.25, -0.2) is 17.2 Å². The van der Waals surface area contributed by atoms with Crippen molar-refractivity contribution in [3.8, 4) is 0 Å². The van der Waals surface area contributed by atoms with Crippen LogP contribution in [0.5, 0.6) is 0 Å². The van der Waals surface area contributed by atoms with Gasteiger partial charge in [0, 0.05) is 16.9 Å². The molecule has 2 N–H and O–H groups in total. The molecule has 0 saturated heterocycles. The lowest BCUT2D eigenvalue weighted by atomic mass is 10.2. The van der Waals surface area contributed by atoms with E-state index in [2.05, 4.69) is 10.5 Å². The minimum absolute atomic E-state index is 0.0200. The van der Waals surface area contributed by atoms with E-state index in [4.69, 9.17) is 4.52 Å². The predicted octanol–water partition coefficient (Wildman–Crippen LogP) is 4.64. The van der Waals surface area contributed by atoms with Crippen molar-refractivity contribution in [3.63, 3.8) is 0 Å². The van der Waals surface area contributed by atoms with E-state index in [1.54, 1.807) is 25.1 Å². The summed E-state index contributed by atoms with van der Waals surface area (Å²) in [6.45, 7) is 1.70. The van der Waals surface area contributed by atoms with Crippen LogP contribution in [0.3, 0.4) is 0 Å². The van der Waals surface area contributed by atoms with Crippen molar-refractivity contribution in [2.75, 3.05) is 10.0 Å². The average molecular weight is 466 g/mol. The maximum absolute atomic E-state index is 13.8. The summed E-state index contributed by atoms with van der Waals surface area (Å²) in [5.74, 6) is -1.37. The molecular formula is C20H17F2N3O4S2. The average Bonchev–Trinajstić information content (AvgIpc) is 3.36. The smallest absolute Gasteiger partial charge is 0.271 e. The number of amides is 1. The molecule has 1 aliphatic rings. The summed E-state index contributed by atoms with van der Waals surface area (Å²) < 4.78 is 59.3. The van der Waals surface area contributed by atoms with Crippen molar-refractivity contribution in [1.82, 2.24) is 5.16 Å². The normalized spacial score (nSPS) is 14.2. The largest absolute Gasteiger partial charge is 0.354 e. The molecule has 1 aromatic carbocycles. The van der Waals surface area contributed by atoms with Gasteiger partial charge in [0.1, 0.15) is 27.2 Å². The molecule has 4 rings (SSSR count). The van der Waals surface area contributed by atoms with Gasteiger partial charge in [0.15, 0.2) is 5.76 Å². The monoisotopic (exact) mass is 465 g/mol. The maximum atomic E-state index is 13.8. The van der Waals surface area contributed by atoms with Crippen LogP contribution in [-0.4, -0.2) is 19.5 Å². The predicted molar refractivity (Wildman–Crippen MR) is 113 cm³/mol. The number of hydrogen-bond acceptors (Lipinski definition) is 6. The highest BCUT2D eigenvalue weighted by atomic mass is 32.2. The Labute approximate surface area is 180 Å². The fourth-order valence-corrected chi connectivity index (χ4v) is 5.01. The Morgan fingerprint density at radius 3 is 2.74 bits per heavy atom. The van der Waals surface area contributed by atoms with Crippen LogP contribution in [0, 0.1) is 24.5 Å². The summed E-state index contributed by atoms with van der Waals surface area (Å²) in [5, 5.41) is 6.67. The molecule has 3 aromatic rings. The summed E-state index contributed by atoms with van der Waals surface area (Å²) in [6, 6.07) is 5.42. The van der Waals surface area contributed by atoms with Crippen molar-refractivity contribution in [2.45, 2.75) is 24.0 Å². The number of nitrogens with zero attached hydrogens (tertiary/aromatic N) is 1. The van der Waals surface area contributed by atoms with Crippen LogP contribution in [0.4, 0.5) is 20.2 Å². The Balaban J connectivity index is 1.51. The SMILES string of the molecule is Cc1noc(C=Cc2ccc(S(=O)(=O)Nc3cc(F)ccc3F)s2)c1NC(=O)C1CC1. The van der Waals surface area contributed by atoms with Crippen LogP contribution in [0.15, 0.2) is 39.1 Å². The molecule has 0 bridgehead atoms. The number of aromatic nitrogens is 1. The number of nitrogens with one attached hydrogen (secondary N) is 2. The molecule has 0 unspecified atom stereocenters. The van der Waals surface area contributed by atoms with Crippen molar-refractivity contribution in [3.05, 3.63) is 58.3 Å². The van der Waals surface area contributed by atoms with Gasteiger partial charge in [0.05, 0.1) is 5.69 Å². The van der Waals surface area contributed by atoms with Crippen LogP contribution in [-0.2, 0) is 14.8 Å². The van der Waals surface area contributed by atoms with Gasteiger partial charge in [-0.15, -0.1) is 11.3 Å². The highest BCUT2D eigenvalue weighted by Crippen LogP contribution is 2.32. The second-order valence-corrected chi connectivity index (χ2v) is 10.0. The van der Waals surface area contributed by atoms with Crippen LogP contribution < -0.4 is 10.0 Å². The zero-order chi connectivity index (χ0) is 22.2. The zero-order valence-corrected chi connectivity index (χ0v) is 17.8. The quantitative estimate of drug-likeness (QED) is 0.529. The Bertz CT molecular complexity index is 1280. The minimum atomic E-state index is -4.10. The molecule has 0 atom stereocenters. The van der Waals surface area contributed by atoms with Gasteiger partial charge in [-0.3, -0.25) is 9.52 Å². The number of anilines is 2. The molecule has 11 heteroatoms. The molecule has 0 spiro atoms. The van der Waals surface area contributed by atoms with E-state index in [0.29, 0.717) is 22.0 Å². The van der Waals surface area contributed by atoms with E-state index >= 15 is 0 Å². The van der Waals surface area contributed by atoms with Crippen LogP contribution in [0.2, 0.25) is 0 Å². The Hall–Kier alpha value is -3.05. The molecule has 1 amide bonds. The van der Waals surface area contributed by atoms with Gasteiger partial charge in [0.2, 0.25) is 5.91 Å². The lowest BCUT2D eigenvalue weighted by Gasteiger charge is -2.07. The molecule has 1 aliphatic carbocycles. The molecule has 31 heavy (non-hydrogen) atoms. The molecule has 2 aromatic heterocycles. The first-order chi connectivity index (χ1) is 14.7. The Morgan fingerprint density at radius 1 is 1.23 bits per heavy atom. The first-order valence-corrected chi connectivity index (χ1v) is 11.6. The number of halogens is 2. The Kier molecular flexibility index (Phi) is 5.63. The number of hydrogen-bond donors (Lipinski definition) is 2. The van der Waals surface area contributed by atoms with Crippen LogP contribution in [0.25, 0.3) is 12.2 Å². The van der Waals surface area contributed by atoms with E-state index < -0.39 is 27.3 Å². The third-order valence-corrected chi connectivity index (χ3v) is 7.43. The van der Waals surface area contributed by atoms with E-state index in [0.717, 1.165) is 42.4 Å². The van der Waals surface area contributed by atoms with Crippen molar-refractivity contribution >= 4 is 50.8 Å². The Morgan fingerprint density at radius 2 is 2.00 bits per heavy atom. The summed E-state index contributed by atoms with van der Waals surface area (Å²) in [4.78, 5) is 12.6. The van der Waals surface area contributed by atoms with E-state index in [-0.39, 0.29) is 16.0 Å². The molecule has 162 valence electrons. The van der Waals surface area contributed by atoms with Gasteiger partial charge in [-0.2, -0.15) is 0 Å². The van der Waals surface area contributed by atoms with Gasteiger partial charge < -0.3 is 9.84 Å². The van der Waals surface area contributed by atoms with Gasteiger partial charge in [-0.1, -0.05) is 5.16 Å². The molecular weight excluding hydrogens is 448 g/mol. The second-order valence-electron chi connectivity index (χ2n) is 6.99. The summed E-state index contributed by atoms with van der Waals surface area (Å²) >= 11 is 0.927. The fraction of sp³-hybridized carbons (Fsp3) is 0.200. The molecule has 1 saturated carbocycles. The first kappa shape index (κ1) is 21.2. The van der Waals surface area contributed by atoms with E-state index in [9.17, 15) is 22.0 Å². The second kappa shape index (κ2) is 8.23. The number of carbonyl (C=O) groups excluding carboxylic acids is 1. The molecule has 0 radical (unpaired) electrons. The number of rotatable bonds is 7. The summed E-state index contributed by atoms with van der Waals surface area (Å²) in [6.07, 6.45) is 4.91. The van der Waals surface area contributed by atoms with Crippen LogP contribution >= 0.6 is 11.3 Å².